The van der Waals surface area contributed by atoms with Crippen molar-refractivity contribution in [1.82, 2.24) is 0 Å². The zero-order valence-corrected chi connectivity index (χ0v) is 51.5. The minimum Gasteiger partial charge on any atom is -0.394 e. The summed E-state index contributed by atoms with van der Waals surface area (Å²) < 4.78 is 59.9. The molecule has 0 bridgehead atoms. The molecule has 18 N–H and O–H groups in total. The van der Waals surface area contributed by atoms with E-state index in [2.05, 4.69) is 27.7 Å². The van der Waals surface area contributed by atoms with Crippen LogP contribution in [0.4, 0.5) is 0 Å². The zero-order valence-electron chi connectivity index (χ0n) is 51.5. The Kier molecular flexibility index (Phi) is 22.1. The molecular weight excluding hydrogens is 1170 g/mol. The van der Waals surface area contributed by atoms with Crippen LogP contribution in [0.25, 0.3) is 0 Å². The van der Waals surface area contributed by atoms with Crippen LogP contribution in [0.1, 0.15) is 113 Å². The third-order valence-corrected chi connectivity index (χ3v) is 22.5. The molecule has 5 saturated heterocycles. The van der Waals surface area contributed by atoms with E-state index < -0.39 is 232 Å². The molecule has 28 heteroatoms. The molecule has 0 aromatic carbocycles. The van der Waals surface area contributed by atoms with Gasteiger partial charge in [-0.05, 0) is 87.4 Å². The van der Waals surface area contributed by atoms with Crippen molar-refractivity contribution >= 4 is 0 Å². The van der Waals surface area contributed by atoms with Gasteiger partial charge in [0.05, 0.1) is 75.3 Å². The first-order valence-corrected chi connectivity index (χ1v) is 31.4. The molecule has 0 aromatic rings. The molecule has 3 saturated carbocycles. The van der Waals surface area contributed by atoms with Crippen molar-refractivity contribution in [2.24, 2.45) is 45.3 Å². The van der Waals surface area contributed by atoms with E-state index in [4.69, 9.17) is 47.4 Å². The minimum atomic E-state index is -1.79. The van der Waals surface area contributed by atoms with Crippen LogP contribution in [0.15, 0.2) is 11.6 Å². The smallest absolute Gasteiger partial charge is 0.187 e. The third kappa shape index (κ3) is 13.1. The highest BCUT2D eigenvalue weighted by Crippen LogP contribution is 2.75. The molecule has 34 atom stereocenters. The summed E-state index contributed by atoms with van der Waals surface area (Å²) in [5.41, 5.74) is -3.43. The highest BCUT2D eigenvalue weighted by molar-refractivity contribution is 5.34. The number of fused-ring (bicyclic) bond motifs is 5. The number of aliphatic hydroxyl groups excluding tert-OH is 17. The number of aliphatic hydroxyl groups is 18. The Morgan fingerprint density at radius 1 is 0.568 bits per heavy atom. The molecule has 88 heavy (non-hydrogen) atoms. The molecule has 9 rings (SSSR count). The van der Waals surface area contributed by atoms with E-state index in [0.29, 0.717) is 25.7 Å². The highest BCUT2D eigenvalue weighted by Gasteiger charge is 2.72. The van der Waals surface area contributed by atoms with E-state index in [1.165, 1.54) is 0 Å². The molecule has 28 nitrogen and oxygen atoms in total. The second-order valence-electron chi connectivity index (χ2n) is 28.7. The van der Waals surface area contributed by atoms with Gasteiger partial charge in [0.15, 0.2) is 31.5 Å². The SMILES string of the molecule is C[C@H](CC[C@@H](O[C@@H]1O[C@H](CO[C@@H]2O[C@H](CO)[C@@H](O)[C@H](O)[C@H]2O)[C@@H](O)[C@H](O)[C@H]1O[C@H]1C[C@@H](O)C[C@@H](CO)O1)C(C)(C)O)[C@H]1CC[C@@]2(C)[C@@H]3C(O)C=C4[C@@H](CC[C@H](O[C@@H]5O[C@H](CO[C@@H]6O[C@H](CO)[C@@H](O)[C@H](O)[C@H]6O)[C@@H](O)[C@H](O)[C@H]5O)C4(C)C)[C@]3(C)[C@H](O)C[C@]12C. The molecule has 4 aliphatic carbocycles. The van der Waals surface area contributed by atoms with Gasteiger partial charge in [0.1, 0.15) is 97.7 Å². The number of hydrogen-bond donors (Lipinski definition) is 18. The summed E-state index contributed by atoms with van der Waals surface area (Å²) >= 11 is 0. The lowest BCUT2D eigenvalue weighted by atomic mass is 9.37. The summed E-state index contributed by atoms with van der Waals surface area (Å²) in [5.74, 6) is -0.703. The summed E-state index contributed by atoms with van der Waals surface area (Å²) in [7, 11) is 0. The van der Waals surface area contributed by atoms with Gasteiger partial charge in [0, 0.05) is 29.6 Å². The Balaban J connectivity index is 0.886. The minimum absolute atomic E-state index is 0.00295. The lowest BCUT2D eigenvalue weighted by Gasteiger charge is -2.68. The second kappa shape index (κ2) is 27.4. The standard InChI is InChI=1S/C60H102O28/c1-24(9-11-37(57(4,5)78)87-55-50(88-38-16-25(64)15-26(19-61)81-38)46(74)42(70)34(85-55)23-80-53-48(76)44(72)40(68)32(21-63)83-53)27-13-14-58(6)51-30(65)17-29-28(60(51,8)35(66)18-59(27,58)7)10-12-36(56(29,2)3)86-54-49(77)45(73)41(69)33(84-54)22-79-52-47(75)43(71)39(67)31(20-62)82-52/h17,24-28,30-55,61-78H,9-16,18-23H2,1-8H3/t24-,25+,26+,27-,28-,30?,31-,32-,33-,34-,35-,36+,37-,38+,39-,40-,41-,42-,43+,44+,45+,46+,47-,48-,49-,50-,51+,52-,53-,54+,55+,58+,59-,60-/m1/s1. The van der Waals surface area contributed by atoms with Gasteiger partial charge in [0.25, 0.3) is 0 Å². The normalized spacial score (nSPS) is 51.4. The van der Waals surface area contributed by atoms with E-state index in [1.54, 1.807) is 13.8 Å². The molecule has 8 fully saturated rings. The van der Waals surface area contributed by atoms with Gasteiger partial charge in [-0.25, -0.2) is 0 Å². The van der Waals surface area contributed by atoms with Crippen LogP contribution >= 0.6 is 0 Å². The average Bonchev–Trinajstić information content (AvgIpc) is 1.25. The zero-order chi connectivity index (χ0) is 64.7. The van der Waals surface area contributed by atoms with Crippen molar-refractivity contribution in [3.05, 3.63) is 11.6 Å². The quantitative estimate of drug-likeness (QED) is 0.0512. The molecule has 0 aromatic heterocycles. The van der Waals surface area contributed by atoms with Crippen LogP contribution in [0.2, 0.25) is 0 Å². The summed E-state index contributed by atoms with van der Waals surface area (Å²) in [5, 5.41) is 196. The lowest BCUT2D eigenvalue weighted by Crippen LogP contribution is -2.68. The Labute approximate surface area is 512 Å². The summed E-state index contributed by atoms with van der Waals surface area (Å²) in [6.45, 7) is 12.6. The maximum atomic E-state index is 12.8. The molecule has 0 radical (unpaired) electrons. The largest absolute Gasteiger partial charge is 0.394 e. The van der Waals surface area contributed by atoms with Crippen molar-refractivity contribution in [1.29, 1.82) is 0 Å². The molecular formula is C60H102O28. The highest BCUT2D eigenvalue weighted by atomic mass is 16.8. The Morgan fingerprint density at radius 2 is 1.09 bits per heavy atom. The molecule has 5 aliphatic heterocycles. The van der Waals surface area contributed by atoms with Gasteiger partial charge >= 0.3 is 0 Å². The predicted octanol–water partition coefficient (Wildman–Crippen LogP) is -4.38. The Morgan fingerprint density at radius 3 is 1.64 bits per heavy atom. The van der Waals surface area contributed by atoms with Crippen LogP contribution in [-0.4, -0.2) is 296 Å². The third-order valence-electron chi connectivity index (χ3n) is 22.5. The summed E-state index contributed by atoms with van der Waals surface area (Å²) in [6.07, 6.45) is -33.3. The average molecular weight is 1270 g/mol. The Bertz CT molecular complexity index is 2310. The van der Waals surface area contributed by atoms with Crippen molar-refractivity contribution in [3.63, 3.8) is 0 Å². The van der Waals surface area contributed by atoms with Crippen LogP contribution < -0.4 is 0 Å². The van der Waals surface area contributed by atoms with E-state index in [9.17, 15) is 91.9 Å². The van der Waals surface area contributed by atoms with Gasteiger partial charge < -0.3 is 139 Å². The summed E-state index contributed by atoms with van der Waals surface area (Å²) in [4.78, 5) is 0. The molecule has 510 valence electrons. The monoisotopic (exact) mass is 1270 g/mol. The van der Waals surface area contributed by atoms with Crippen LogP contribution in [0.3, 0.4) is 0 Å². The fourth-order valence-corrected chi connectivity index (χ4v) is 17.1. The van der Waals surface area contributed by atoms with Crippen LogP contribution in [-0.2, 0) is 47.4 Å². The van der Waals surface area contributed by atoms with Crippen molar-refractivity contribution in [2.75, 3.05) is 33.0 Å². The molecule has 0 amide bonds. The van der Waals surface area contributed by atoms with Crippen molar-refractivity contribution in [2.45, 2.75) is 285 Å². The molecule has 1 unspecified atom stereocenters. The lowest BCUT2D eigenvalue weighted by molar-refractivity contribution is -0.365. The maximum absolute atomic E-state index is 12.8. The van der Waals surface area contributed by atoms with E-state index in [0.717, 1.165) is 18.4 Å². The second-order valence-corrected chi connectivity index (χ2v) is 28.7. The fourth-order valence-electron chi connectivity index (χ4n) is 17.1. The molecule has 0 spiro atoms. The van der Waals surface area contributed by atoms with Gasteiger partial charge in [-0.1, -0.05) is 53.2 Å². The first-order chi connectivity index (χ1) is 41.2. The maximum Gasteiger partial charge on any atom is 0.187 e. The molecule has 9 aliphatic rings. The van der Waals surface area contributed by atoms with Gasteiger partial charge in [-0.3, -0.25) is 0 Å². The number of ether oxygens (including phenoxy) is 10. The fraction of sp³-hybridized carbons (Fsp3) is 0.967. The number of hydrogen-bond acceptors (Lipinski definition) is 28. The van der Waals surface area contributed by atoms with Gasteiger partial charge in [-0.2, -0.15) is 0 Å². The topological polar surface area (TPSA) is 456 Å². The summed E-state index contributed by atoms with van der Waals surface area (Å²) in [6, 6.07) is 0. The Hall–Kier alpha value is -1.38. The van der Waals surface area contributed by atoms with Crippen LogP contribution in [0, 0.1) is 45.3 Å². The predicted molar refractivity (Wildman–Crippen MR) is 299 cm³/mol. The van der Waals surface area contributed by atoms with E-state index in [1.807, 2.05) is 19.9 Å². The number of rotatable bonds is 20. The van der Waals surface area contributed by atoms with Crippen molar-refractivity contribution < 1.29 is 139 Å². The van der Waals surface area contributed by atoms with Crippen molar-refractivity contribution in [3.8, 4) is 0 Å². The van der Waals surface area contributed by atoms with Gasteiger partial charge in [-0.15, -0.1) is 0 Å². The van der Waals surface area contributed by atoms with Gasteiger partial charge in [0.2, 0.25) is 0 Å². The van der Waals surface area contributed by atoms with Crippen LogP contribution in [0.5, 0.6) is 0 Å². The van der Waals surface area contributed by atoms with E-state index in [-0.39, 0.29) is 37.0 Å². The first-order valence-electron chi connectivity index (χ1n) is 31.4. The van der Waals surface area contributed by atoms with E-state index >= 15 is 0 Å². The molecule has 5 heterocycles. The first kappa shape index (κ1) is 70.9.